The van der Waals surface area contributed by atoms with E-state index in [9.17, 15) is 9.59 Å². The summed E-state index contributed by atoms with van der Waals surface area (Å²) in [6.45, 7) is 5.51. The molecule has 1 aromatic rings. The molecule has 1 saturated heterocycles. The van der Waals surface area contributed by atoms with Gasteiger partial charge in [0.05, 0.1) is 18.6 Å². The second-order valence-electron chi connectivity index (χ2n) is 5.98. The van der Waals surface area contributed by atoms with E-state index in [0.29, 0.717) is 32.5 Å². The maximum Gasteiger partial charge on any atom is 0.225 e. The lowest BCUT2D eigenvalue weighted by molar-refractivity contribution is -0.144. The van der Waals surface area contributed by atoms with Crippen molar-refractivity contribution in [1.29, 1.82) is 0 Å². The molecule has 23 heavy (non-hydrogen) atoms. The SMILES string of the molecule is CCNC(=O)C1CCC(=O)N(CCOC)C1c1ccc(C)cc1. The van der Waals surface area contributed by atoms with E-state index in [1.54, 1.807) is 12.0 Å². The van der Waals surface area contributed by atoms with Crippen molar-refractivity contribution in [3.63, 3.8) is 0 Å². The van der Waals surface area contributed by atoms with Gasteiger partial charge in [0.1, 0.15) is 0 Å². The number of hydrogen-bond acceptors (Lipinski definition) is 3. The van der Waals surface area contributed by atoms with Gasteiger partial charge in [-0.3, -0.25) is 9.59 Å². The predicted octanol–water partition coefficient (Wildman–Crippen LogP) is 2.06. The van der Waals surface area contributed by atoms with E-state index in [4.69, 9.17) is 4.74 Å². The van der Waals surface area contributed by atoms with Crippen LogP contribution in [0.3, 0.4) is 0 Å². The summed E-state index contributed by atoms with van der Waals surface area (Å²) in [7, 11) is 1.62. The molecule has 2 atom stereocenters. The Kier molecular flexibility index (Phi) is 6.16. The van der Waals surface area contributed by atoms with Crippen molar-refractivity contribution in [3.05, 3.63) is 35.4 Å². The summed E-state index contributed by atoms with van der Waals surface area (Å²) in [5.74, 6) is -0.103. The number of ether oxygens (including phenoxy) is 1. The summed E-state index contributed by atoms with van der Waals surface area (Å²) in [6.07, 6.45) is 1.00. The number of piperidine rings is 1. The van der Waals surface area contributed by atoms with E-state index in [1.807, 2.05) is 38.1 Å². The number of likely N-dealkylation sites (tertiary alicyclic amines) is 1. The van der Waals surface area contributed by atoms with Crippen molar-refractivity contribution in [2.24, 2.45) is 5.92 Å². The highest BCUT2D eigenvalue weighted by Gasteiger charge is 2.40. The fourth-order valence-electron chi connectivity index (χ4n) is 3.16. The van der Waals surface area contributed by atoms with Crippen molar-refractivity contribution in [2.45, 2.75) is 32.7 Å². The van der Waals surface area contributed by atoms with Crippen LogP contribution >= 0.6 is 0 Å². The Morgan fingerprint density at radius 2 is 2.04 bits per heavy atom. The zero-order valence-corrected chi connectivity index (χ0v) is 14.2. The average Bonchev–Trinajstić information content (AvgIpc) is 2.54. The molecule has 0 bridgehead atoms. The molecule has 5 heteroatoms. The van der Waals surface area contributed by atoms with Crippen molar-refractivity contribution in [3.8, 4) is 0 Å². The molecule has 1 fully saturated rings. The van der Waals surface area contributed by atoms with Crippen LogP contribution < -0.4 is 5.32 Å². The average molecular weight is 318 g/mol. The van der Waals surface area contributed by atoms with Crippen molar-refractivity contribution in [2.75, 3.05) is 26.8 Å². The third-order valence-corrected chi connectivity index (χ3v) is 4.35. The minimum atomic E-state index is -0.224. The molecule has 2 unspecified atom stereocenters. The van der Waals surface area contributed by atoms with Crippen LogP contribution in [0.5, 0.6) is 0 Å². The number of amides is 2. The van der Waals surface area contributed by atoms with Gasteiger partial charge in [-0.15, -0.1) is 0 Å². The van der Waals surface area contributed by atoms with Gasteiger partial charge in [-0.05, 0) is 25.8 Å². The summed E-state index contributed by atoms with van der Waals surface area (Å²) in [4.78, 5) is 26.7. The number of carbonyl (C=O) groups excluding carboxylic acids is 2. The number of carbonyl (C=O) groups is 2. The molecule has 1 aliphatic heterocycles. The largest absolute Gasteiger partial charge is 0.383 e. The lowest BCUT2D eigenvalue weighted by Gasteiger charge is -2.40. The summed E-state index contributed by atoms with van der Waals surface area (Å²) in [5, 5.41) is 2.91. The molecule has 1 aliphatic rings. The Bertz CT molecular complexity index is 540. The Balaban J connectivity index is 2.35. The fourth-order valence-corrected chi connectivity index (χ4v) is 3.16. The molecule has 1 heterocycles. The van der Waals surface area contributed by atoms with E-state index in [1.165, 1.54) is 0 Å². The van der Waals surface area contributed by atoms with Gasteiger partial charge in [0.15, 0.2) is 0 Å². The first-order valence-corrected chi connectivity index (χ1v) is 8.21. The van der Waals surface area contributed by atoms with Gasteiger partial charge in [-0.25, -0.2) is 0 Å². The van der Waals surface area contributed by atoms with Crippen LogP contribution in [-0.4, -0.2) is 43.5 Å². The molecule has 0 radical (unpaired) electrons. The molecule has 2 amide bonds. The van der Waals surface area contributed by atoms with Gasteiger partial charge in [0.25, 0.3) is 0 Å². The van der Waals surface area contributed by atoms with Gasteiger partial charge in [0, 0.05) is 26.6 Å². The Labute approximate surface area is 138 Å². The number of nitrogens with zero attached hydrogens (tertiary/aromatic N) is 1. The summed E-state index contributed by atoms with van der Waals surface area (Å²) in [6, 6.07) is 7.86. The number of benzene rings is 1. The lowest BCUT2D eigenvalue weighted by Crippen LogP contribution is -2.49. The van der Waals surface area contributed by atoms with Crippen LogP contribution in [0.2, 0.25) is 0 Å². The third-order valence-electron chi connectivity index (χ3n) is 4.35. The lowest BCUT2D eigenvalue weighted by atomic mass is 9.83. The maximum absolute atomic E-state index is 12.5. The number of methoxy groups -OCH3 is 1. The molecule has 0 saturated carbocycles. The molecule has 0 spiro atoms. The zero-order valence-electron chi connectivity index (χ0n) is 14.2. The normalized spacial score (nSPS) is 21.3. The van der Waals surface area contributed by atoms with Crippen LogP contribution in [0, 0.1) is 12.8 Å². The summed E-state index contributed by atoms with van der Waals surface area (Å²) in [5.41, 5.74) is 2.17. The van der Waals surface area contributed by atoms with Crippen LogP contribution in [0.4, 0.5) is 0 Å². The molecule has 5 nitrogen and oxygen atoms in total. The van der Waals surface area contributed by atoms with Gasteiger partial charge in [-0.2, -0.15) is 0 Å². The van der Waals surface area contributed by atoms with Crippen LogP contribution in [0.25, 0.3) is 0 Å². The van der Waals surface area contributed by atoms with Gasteiger partial charge in [0.2, 0.25) is 11.8 Å². The first-order chi connectivity index (χ1) is 11.1. The second kappa shape index (κ2) is 8.11. The minimum Gasteiger partial charge on any atom is -0.383 e. The van der Waals surface area contributed by atoms with E-state index in [-0.39, 0.29) is 23.8 Å². The minimum absolute atomic E-state index is 0.0213. The Morgan fingerprint density at radius 1 is 1.35 bits per heavy atom. The maximum atomic E-state index is 12.5. The topological polar surface area (TPSA) is 58.6 Å². The number of rotatable bonds is 6. The van der Waals surface area contributed by atoms with E-state index >= 15 is 0 Å². The first kappa shape index (κ1) is 17.5. The molecule has 0 aliphatic carbocycles. The van der Waals surface area contributed by atoms with Crippen molar-refractivity contribution in [1.82, 2.24) is 10.2 Å². The highest BCUT2D eigenvalue weighted by Crippen LogP contribution is 2.36. The predicted molar refractivity (Wildman–Crippen MR) is 88.9 cm³/mol. The molecular formula is C18H26N2O3. The molecular weight excluding hydrogens is 292 g/mol. The van der Waals surface area contributed by atoms with Crippen LogP contribution in [-0.2, 0) is 14.3 Å². The van der Waals surface area contributed by atoms with Crippen LogP contribution in [0.15, 0.2) is 24.3 Å². The highest BCUT2D eigenvalue weighted by atomic mass is 16.5. The monoisotopic (exact) mass is 318 g/mol. The van der Waals surface area contributed by atoms with Gasteiger partial charge in [-0.1, -0.05) is 29.8 Å². The Hall–Kier alpha value is -1.88. The second-order valence-corrected chi connectivity index (χ2v) is 5.98. The van der Waals surface area contributed by atoms with Crippen molar-refractivity contribution < 1.29 is 14.3 Å². The zero-order chi connectivity index (χ0) is 16.8. The summed E-state index contributed by atoms with van der Waals surface area (Å²) >= 11 is 0. The molecule has 126 valence electrons. The number of hydrogen-bond donors (Lipinski definition) is 1. The third kappa shape index (κ3) is 4.10. The van der Waals surface area contributed by atoms with Gasteiger partial charge >= 0.3 is 0 Å². The van der Waals surface area contributed by atoms with Crippen molar-refractivity contribution >= 4 is 11.8 Å². The van der Waals surface area contributed by atoms with Crippen LogP contribution in [0.1, 0.15) is 36.9 Å². The van der Waals surface area contributed by atoms with Gasteiger partial charge < -0.3 is 15.0 Å². The smallest absolute Gasteiger partial charge is 0.225 e. The molecule has 2 rings (SSSR count). The molecule has 1 N–H and O–H groups in total. The Morgan fingerprint density at radius 3 is 2.65 bits per heavy atom. The summed E-state index contributed by atoms with van der Waals surface area (Å²) < 4.78 is 5.15. The highest BCUT2D eigenvalue weighted by molar-refractivity contribution is 5.85. The molecule has 1 aromatic carbocycles. The first-order valence-electron chi connectivity index (χ1n) is 8.21. The quantitative estimate of drug-likeness (QED) is 0.873. The van der Waals surface area contributed by atoms with E-state index in [2.05, 4.69) is 5.32 Å². The standard InChI is InChI=1S/C18H26N2O3/c1-4-19-18(22)15-9-10-16(21)20(11-12-23-3)17(15)14-7-5-13(2)6-8-14/h5-8,15,17H,4,9-12H2,1-3H3,(H,19,22). The van der Waals surface area contributed by atoms with E-state index < -0.39 is 0 Å². The fraction of sp³-hybridized carbons (Fsp3) is 0.556. The number of nitrogens with one attached hydrogen (secondary N) is 1. The van der Waals surface area contributed by atoms with E-state index in [0.717, 1.165) is 11.1 Å². The molecule has 0 aromatic heterocycles. The number of aryl methyl sites for hydroxylation is 1.